The highest BCUT2D eigenvalue weighted by molar-refractivity contribution is 7.99. The summed E-state index contributed by atoms with van der Waals surface area (Å²) in [6.07, 6.45) is 0.161. The fourth-order valence-corrected chi connectivity index (χ4v) is 4.45. The van der Waals surface area contributed by atoms with Crippen molar-refractivity contribution in [2.45, 2.75) is 32.3 Å². The normalized spacial score (nSPS) is 10.9. The van der Waals surface area contributed by atoms with Crippen LogP contribution in [0.25, 0.3) is 5.69 Å². The molecule has 0 unspecified atom stereocenters. The number of hydrogen-bond acceptors (Lipinski definition) is 7. The lowest BCUT2D eigenvalue weighted by Gasteiger charge is -2.12. The Morgan fingerprint density at radius 1 is 1.06 bits per heavy atom. The summed E-state index contributed by atoms with van der Waals surface area (Å²) >= 11 is 1.24. The van der Waals surface area contributed by atoms with Crippen molar-refractivity contribution < 1.29 is 9.53 Å². The van der Waals surface area contributed by atoms with Gasteiger partial charge in [0.1, 0.15) is 11.6 Å². The molecule has 2 aromatic carbocycles. The number of nitrogens with zero attached hydrogens (tertiary/aromatic N) is 3. The Bertz CT molecular complexity index is 1460. The van der Waals surface area contributed by atoms with Crippen LogP contribution in [0.1, 0.15) is 29.6 Å². The van der Waals surface area contributed by atoms with Crippen LogP contribution in [0.5, 0.6) is 5.75 Å². The Morgan fingerprint density at radius 2 is 1.83 bits per heavy atom. The monoisotopic (exact) mass is 506 g/mol. The summed E-state index contributed by atoms with van der Waals surface area (Å²) in [7, 11) is 0. The topological polar surface area (TPSA) is 135 Å². The minimum atomic E-state index is -0.595. The third-order valence-electron chi connectivity index (χ3n) is 5.26. The van der Waals surface area contributed by atoms with E-state index in [1.54, 1.807) is 4.57 Å². The van der Waals surface area contributed by atoms with Crippen LogP contribution in [0.15, 0.2) is 63.3 Å². The standard InChI is InChI=1S/C25H26N6O4S/c1-4-35-19-8-6-18(7-9-19)31-21(12-17-13-22(32)28-24(34)26-17)29-30-25(31)36-14-23(33)27-20-10-5-15(2)11-16(20)3/h5-11,13H,4,12,14H2,1-3H3,(H,27,33)(H2,26,28,32,34). The molecule has 4 aromatic rings. The van der Waals surface area contributed by atoms with Gasteiger partial charge in [0, 0.05) is 29.6 Å². The van der Waals surface area contributed by atoms with Gasteiger partial charge in [-0.05, 0) is 56.7 Å². The summed E-state index contributed by atoms with van der Waals surface area (Å²) in [6, 6.07) is 14.5. The molecule has 0 spiro atoms. The fourth-order valence-electron chi connectivity index (χ4n) is 3.68. The molecule has 0 fully saturated rings. The van der Waals surface area contributed by atoms with Gasteiger partial charge in [-0.2, -0.15) is 0 Å². The fraction of sp³-hybridized carbons (Fsp3) is 0.240. The second-order valence-corrected chi connectivity index (χ2v) is 9.05. The maximum atomic E-state index is 12.7. The first kappa shape index (κ1) is 25.0. The first-order chi connectivity index (χ1) is 17.3. The molecule has 0 aliphatic heterocycles. The van der Waals surface area contributed by atoms with Gasteiger partial charge in [0.25, 0.3) is 5.56 Å². The van der Waals surface area contributed by atoms with E-state index in [0.717, 1.165) is 28.3 Å². The molecular formula is C25H26N6O4S. The molecule has 3 N–H and O–H groups in total. The number of H-pyrrole nitrogens is 2. The van der Waals surface area contributed by atoms with Gasteiger partial charge in [-0.1, -0.05) is 29.5 Å². The largest absolute Gasteiger partial charge is 0.494 e. The molecule has 4 rings (SSSR count). The number of aryl methyl sites for hydroxylation is 2. The zero-order valence-electron chi connectivity index (χ0n) is 20.1. The van der Waals surface area contributed by atoms with E-state index in [0.29, 0.717) is 23.3 Å². The first-order valence-electron chi connectivity index (χ1n) is 11.3. The van der Waals surface area contributed by atoms with Gasteiger partial charge in [0.05, 0.1) is 12.4 Å². The van der Waals surface area contributed by atoms with Crippen molar-refractivity contribution in [2.75, 3.05) is 17.7 Å². The summed E-state index contributed by atoms with van der Waals surface area (Å²) < 4.78 is 7.33. The van der Waals surface area contributed by atoms with Gasteiger partial charge >= 0.3 is 5.69 Å². The predicted octanol–water partition coefficient (Wildman–Crippen LogP) is 2.98. The number of carbonyl (C=O) groups is 1. The van der Waals surface area contributed by atoms with E-state index >= 15 is 0 Å². The van der Waals surface area contributed by atoms with Crippen LogP contribution in [-0.4, -0.2) is 43.0 Å². The van der Waals surface area contributed by atoms with E-state index < -0.39 is 11.2 Å². The molecule has 10 nitrogen and oxygen atoms in total. The quantitative estimate of drug-likeness (QED) is 0.297. The third-order valence-corrected chi connectivity index (χ3v) is 6.19. The second kappa shape index (κ2) is 11.1. The molecule has 0 saturated carbocycles. The molecule has 0 aliphatic carbocycles. The van der Waals surface area contributed by atoms with Crippen LogP contribution in [0.4, 0.5) is 5.69 Å². The van der Waals surface area contributed by atoms with Gasteiger partial charge in [-0.15, -0.1) is 10.2 Å². The highest BCUT2D eigenvalue weighted by Gasteiger charge is 2.17. The number of thioether (sulfide) groups is 1. The van der Waals surface area contributed by atoms with Gasteiger partial charge in [0.15, 0.2) is 5.16 Å². The van der Waals surface area contributed by atoms with E-state index in [4.69, 9.17) is 4.74 Å². The van der Waals surface area contributed by atoms with Gasteiger partial charge in [-0.3, -0.25) is 19.1 Å². The van der Waals surface area contributed by atoms with Crippen LogP contribution >= 0.6 is 11.8 Å². The minimum absolute atomic E-state index is 0.115. The third kappa shape index (κ3) is 6.11. The highest BCUT2D eigenvalue weighted by Crippen LogP contribution is 2.25. The van der Waals surface area contributed by atoms with E-state index in [9.17, 15) is 14.4 Å². The SMILES string of the molecule is CCOc1ccc(-n2c(Cc3cc(=O)[nH]c(=O)[nH]3)nnc2SCC(=O)Nc2ccc(C)cc2C)cc1. The van der Waals surface area contributed by atoms with Crippen molar-refractivity contribution in [3.05, 3.63) is 92.0 Å². The van der Waals surface area contributed by atoms with Crippen molar-refractivity contribution in [2.24, 2.45) is 0 Å². The smallest absolute Gasteiger partial charge is 0.325 e. The second-order valence-electron chi connectivity index (χ2n) is 8.11. The van der Waals surface area contributed by atoms with Crippen molar-refractivity contribution in [3.63, 3.8) is 0 Å². The molecule has 0 radical (unpaired) electrons. The summed E-state index contributed by atoms with van der Waals surface area (Å²) in [6.45, 7) is 6.40. The van der Waals surface area contributed by atoms with E-state index in [1.165, 1.54) is 17.8 Å². The molecule has 186 valence electrons. The van der Waals surface area contributed by atoms with E-state index in [2.05, 4.69) is 25.5 Å². The minimum Gasteiger partial charge on any atom is -0.494 e. The molecule has 0 saturated heterocycles. The molecule has 2 heterocycles. The summed E-state index contributed by atoms with van der Waals surface area (Å²) in [5, 5.41) is 12.0. The van der Waals surface area contributed by atoms with Crippen LogP contribution in [0.2, 0.25) is 0 Å². The number of aromatic nitrogens is 5. The molecular weight excluding hydrogens is 480 g/mol. The van der Waals surface area contributed by atoms with Crippen LogP contribution in [0, 0.1) is 13.8 Å². The Labute approximate surface area is 211 Å². The average molecular weight is 507 g/mol. The number of rotatable bonds is 9. The lowest BCUT2D eigenvalue weighted by molar-refractivity contribution is -0.113. The zero-order chi connectivity index (χ0) is 25.7. The number of nitrogens with one attached hydrogen (secondary N) is 3. The number of hydrogen-bond donors (Lipinski definition) is 3. The summed E-state index contributed by atoms with van der Waals surface area (Å²) in [5.74, 6) is 1.16. The van der Waals surface area contributed by atoms with Gasteiger partial charge in [-0.25, -0.2) is 4.79 Å². The summed E-state index contributed by atoms with van der Waals surface area (Å²) in [5.41, 5.74) is 2.92. The lowest BCUT2D eigenvalue weighted by atomic mass is 10.1. The highest BCUT2D eigenvalue weighted by atomic mass is 32.2. The Hall–Kier alpha value is -4.12. The molecule has 11 heteroatoms. The molecule has 0 atom stereocenters. The number of ether oxygens (including phenoxy) is 1. The van der Waals surface area contributed by atoms with E-state index in [1.807, 2.05) is 63.2 Å². The molecule has 2 aromatic heterocycles. The molecule has 36 heavy (non-hydrogen) atoms. The maximum Gasteiger partial charge on any atom is 0.325 e. The lowest BCUT2D eigenvalue weighted by Crippen LogP contribution is -2.23. The number of benzene rings is 2. The van der Waals surface area contributed by atoms with Crippen LogP contribution < -0.4 is 21.3 Å². The zero-order valence-corrected chi connectivity index (χ0v) is 20.9. The Kier molecular flexibility index (Phi) is 7.69. The van der Waals surface area contributed by atoms with Crippen molar-refractivity contribution in [3.8, 4) is 11.4 Å². The number of carbonyl (C=O) groups excluding carboxylic acids is 1. The van der Waals surface area contributed by atoms with Crippen molar-refractivity contribution in [1.29, 1.82) is 0 Å². The predicted molar refractivity (Wildman–Crippen MR) is 138 cm³/mol. The Morgan fingerprint density at radius 3 is 2.53 bits per heavy atom. The molecule has 1 amide bonds. The van der Waals surface area contributed by atoms with Gasteiger partial charge < -0.3 is 15.0 Å². The molecule has 0 bridgehead atoms. The van der Waals surface area contributed by atoms with Crippen molar-refractivity contribution >= 4 is 23.4 Å². The maximum absolute atomic E-state index is 12.7. The van der Waals surface area contributed by atoms with Gasteiger partial charge in [0.2, 0.25) is 5.91 Å². The first-order valence-corrected chi connectivity index (χ1v) is 12.3. The number of amides is 1. The Balaban J connectivity index is 1.59. The van der Waals surface area contributed by atoms with Crippen LogP contribution in [0.3, 0.4) is 0 Å². The van der Waals surface area contributed by atoms with Crippen molar-refractivity contribution in [1.82, 2.24) is 24.7 Å². The number of anilines is 1. The summed E-state index contributed by atoms with van der Waals surface area (Å²) in [4.78, 5) is 40.9. The van der Waals surface area contributed by atoms with E-state index in [-0.39, 0.29) is 18.1 Å². The average Bonchev–Trinajstić information content (AvgIpc) is 3.22. The van der Waals surface area contributed by atoms with Crippen LogP contribution in [-0.2, 0) is 11.2 Å². The molecule has 0 aliphatic rings. The number of aromatic amines is 2.